The fraction of sp³-hybridized carbons (Fsp3) is 0.348. The number of ether oxygens (including phenoxy) is 1. The second-order valence-electron chi connectivity index (χ2n) is 7.65. The Morgan fingerprint density at radius 1 is 1.19 bits per heavy atom. The molecule has 162 valence electrons. The lowest BCUT2D eigenvalue weighted by Gasteiger charge is -2.31. The summed E-state index contributed by atoms with van der Waals surface area (Å²) in [6, 6.07) is 14.8. The van der Waals surface area contributed by atoms with Crippen molar-refractivity contribution in [2.45, 2.75) is 19.4 Å². The average Bonchev–Trinajstić information content (AvgIpc) is 3.28. The number of nitrogens with one attached hydrogen (secondary N) is 1. The van der Waals surface area contributed by atoms with E-state index < -0.39 is 0 Å². The van der Waals surface area contributed by atoms with Gasteiger partial charge in [-0.2, -0.15) is 0 Å². The van der Waals surface area contributed by atoms with E-state index in [2.05, 4.69) is 20.4 Å². The van der Waals surface area contributed by atoms with E-state index in [9.17, 15) is 4.79 Å². The van der Waals surface area contributed by atoms with Crippen LogP contribution in [0.1, 0.15) is 29.1 Å². The molecular weight excluding hydrogens is 416 g/mol. The minimum absolute atomic E-state index is 0.114. The van der Waals surface area contributed by atoms with E-state index >= 15 is 0 Å². The van der Waals surface area contributed by atoms with Gasteiger partial charge < -0.3 is 14.5 Å². The second kappa shape index (κ2) is 9.94. The van der Waals surface area contributed by atoms with Crippen LogP contribution < -0.4 is 10.1 Å². The van der Waals surface area contributed by atoms with E-state index in [1.807, 2.05) is 30.3 Å². The zero-order valence-electron chi connectivity index (χ0n) is 17.4. The summed E-state index contributed by atoms with van der Waals surface area (Å²) in [5.74, 6) is 2.00. The van der Waals surface area contributed by atoms with Crippen molar-refractivity contribution < 1.29 is 13.9 Å². The Morgan fingerprint density at radius 3 is 2.71 bits per heavy atom. The number of likely N-dealkylation sites (tertiary alicyclic amines) is 1. The van der Waals surface area contributed by atoms with E-state index in [0.29, 0.717) is 47.1 Å². The third-order valence-corrected chi connectivity index (χ3v) is 5.83. The van der Waals surface area contributed by atoms with Crippen LogP contribution in [0.2, 0.25) is 5.02 Å². The lowest BCUT2D eigenvalue weighted by molar-refractivity contribution is 0.0933. The highest BCUT2D eigenvalue weighted by molar-refractivity contribution is 6.32. The second-order valence-corrected chi connectivity index (χ2v) is 8.05. The van der Waals surface area contributed by atoms with E-state index in [1.165, 1.54) is 7.11 Å². The fourth-order valence-electron chi connectivity index (χ4n) is 3.69. The molecule has 31 heavy (non-hydrogen) atoms. The Morgan fingerprint density at radius 2 is 1.97 bits per heavy atom. The molecule has 0 unspecified atom stereocenters. The van der Waals surface area contributed by atoms with Gasteiger partial charge in [-0.15, -0.1) is 10.2 Å². The number of hydrogen-bond donors (Lipinski definition) is 1. The third-order valence-electron chi connectivity index (χ3n) is 5.52. The van der Waals surface area contributed by atoms with Gasteiger partial charge in [0.2, 0.25) is 11.8 Å². The normalized spacial score (nSPS) is 15.0. The standard InChI is InChI=1S/C23H25ClN4O3/c1-30-20-13-18(7-8-19(20)24)22(29)25-14-16-9-11-28(12-10-16)15-21-26-27-23(31-21)17-5-3-2-4-6-17/h2-8,13,16H,9-12,14-15H2,1H3,(H,25,29). The smallest absolute Gasteiger partial charge is 0.251 e. The molecule has 0 saturated carbocycles. The van der Waals surface area contributed by atoms with Crippen LogP contribution in [0.5, 0.6) is 5.75 Å². The maximum atomic E-state index is 12.4. The summed E-state index contributed by atoms with van der Waals surface area (Å²) in [7, 11) is 1.54. The quantitative estimate of drug-likeness (QED) is 0.597. The molecule has 1 N–H and O–H groups in total. The molecule has 3 aromatic rings. The van der Waals surface area contributed by atoms with Crippen molar-refractivity contribution in [3.8, 4) is 17.2 Å². The van der Waals surface area contributed by atoms with Gasteiger partial charge in [-0.1, -0.05) is 29.8 Å². The number of aromatic nitrogens is 2. The summed E-state index contributed by atoms with van der Waals surface area (Å²) in [6.07, 6.45) is 2.01. The first-order chi connectivity index (χ1) is 15.1. The van der Waals surface area contributed by atoms with Crippen molar-refractivity contribution in [3.05, 3.63) is 65.0 Å². The van der Waals surface area contributed by atoms with Crippen molar-refractivity contribution >= 4 is 17.5 Å². The maximum Gasteiger partial charge on any atom is 0.251 e. The van der Waals surface area contributed by atoms with Crippen LogP contribution >= 0.6 is 11.6 Å². The summed E-state index contributed by atoms with van der Waals surface area (Å²) in [5, 5.41) is 11.9. The Labute approximate surface area is 186 Å². The molecule has 1 saturated heterocycles. The van der Waals surface area contributed by atoms with E-state index in [1.54, 1.807) is 18.2 Å². The molecule has 0 aliphatic carbocycles. The zero-order valence-corrected chi connectivity index (χ0v) is 18.1. The molecule has 2 aromatic carbocycles. The number of carbonyl (C=O) groups is 1. The van der Waals surface area contributed by atoms with Crippen LogP contribution in [0, 0.1) is 5.92 Å². The van der Waals surface area contributed by atoms with Crippen molar-refractivity contribution in [1.82, 2.24) is 20.4 Å². The molecule has 1 amide bonds. The SMILES string of the molecule is COc1cc(C(=O)NCC2CCN(Cc3nnc(-c4ccccc4)o3)CC2)ccc1Cl. The summed E-state index contributed by atoms with van der Waals surface area (Å²) >= 11 is 6.03. The molecule has 0 spiro atoms. The third kappa shape index (κ3) is 5.42. The monoisotopic (exact) mass is 440 g/mol. The summed E-state index contributed by atoms with van der Waals surface area (Å²) in [4.78, 5) is 14.8. The lowest BCUT2D eigenvalue weighted by Crippen LogP contribution is -2.38. The van der Waals surface area contributed by atoms with Crippen LogP contribution in [-0.2, 0) is 6.54 Å². The number of piperidine rings is 1. The van der Waals surface area contributed by atoms with Crippen LogP contribution in [0.4, 0.5) is 0 Å². The van der Waals surface area contributed by atoms with Gasteiger partial charge in [0.25, 0.3) is 5.91 Å². The molecule has 7 nitrogen and oxygen atoms in total. The van der Waals surface area contributed by atoms with E-state index in [4.69, 9.17) is 20.8 Å². The number of amides is 1. The molecule has 1 aliphatic heterocycles. The highest BCUT2D eigenvalue weighted by Crippen LogP contribution is 2.25. The number of nitrogens with zero attached hydrogens (tertiary/aromatic N) is 3. The minimum Gasteiger partial charge on any atom is -0.495 e. The first-order valence-electron chi connectivity index (χ1n) is 10.3. The van der Waals surface area contributed by atoms with Gasteiger partial charge in [-0.25, -0.2) is 0 Å². The van der Waals surface area contributed by atoms with Crippen molar-refractivity contribution in [3.63, 3.8) is 0 Å². The van der Waals surface area contributed by atoms with Gasteiger partial charge in [0.15, 0.2) is 0 Å². The van der Waals surface area contributed by atoms with Gasteiger partial charge in [0, 0.05) is 17.7 Å². The number of carbonyl (C=O) groups excluding carboxylic acids is 1. The first-order valence-corrected chi connectivity index (χ1v) is 10.7. The zero-order chi connectivity index (χ0) is 21.6. The van der Waals surface area contributed by atoms with Crippen LogP contribution in [0.25, 0.3) is 11.5 Å². The highest BCUT2D eigenvalue weighted by atomic mass is 35.5. The number of rotatable bonds is 7. The van der Waals surface area contributed by atoms with Gasteiger partial charge in [0.1, 0.15) is 5.75 Å². The van der Waals surface area contributed by atoms with Crippen LogP contribution in [0.15, 0.2) is 52.9 Å². The topological polar surface area (TPSA) is 80.5 Å². The Bertz CT molecular complexity index is 1020. The lowest BCUT2D eigenvalue weighted by atomic mass is 9.96. The first kappa shape index (κ1) is 21.3. The molecule has 1 fully saturated rings. The molecule has 4 rings (SSSR count). The minimum atomic E-state index is -0.114. The Balaban J connectivity index is 1.23. The molecule has 2 heterocycles. The number of benzene rings is 2. The Hall–Kier alpha value is -2.90. The van der Waals surface area contributed by atoms with Crippen molar-refractivity contribution in [2.24, 2.45) is 5.92 Å². The van der Waals surface area contributed by atoms with Gasteiger partial charge in [-0.3, -0.25) is 9.69 Å². The van der Waals surface area contributed by atoms with E-state index in [0.717, 1.165) is 31.5 Å². The molecule has 0 bridgehead atoms. The predicted octanol–water partition coefficient (Wildman–Crippen LogP) is 4.04. The maximum absolute atomic E-state index is 12.4. The number of hydrogen-bond acceptors (Lipinski definition) is 6. The molecular formula is C23H25ClN4O3. The predicted molar refractivity (Wildman–Crippen MR) is 118 cm³/mol. The van der Waals surface area contributed by atoms with E-state index in [-0.39, 0.29) is 5.91 Å². The largest absolute Gasteiger partial charge is 0.495 e. The molecule has 8 heteroatoms. The summed E-state index contributed by atoms with van der Waals surface area (Å²) in [6.45, 7) is 3.15. The number of halogens is 1. The Kier molecular flexibility index (Phi) is 6.84. The van der Waals surface area contributed by atoms with Crippen LogP contribution in [0.3, 0.4) is 0 Å². The summed E-state index contributed by atoms with van der Waals surface area (Å²) < 4.78 is 11.0. The average molecular weight is 441 g/mol. The van der Waals surface area contributed by atoms with Crippen molar-refractivity contribution in [1.29, 1.82) is 0 Å². The fourth-order valence-corrected chi connectivity index (χ4v) is 3.89. The van der Waals surface area contributed by atoms with Gasteiger partial charge in [0.05, 0.1) is 18.7 Å². The summed E-state index contributed by atoms with van der Waals surface area (Å²) in [5.41, 5.74) is 1.47. The molecule has 1 aliphatic rings. The highest BCUT2D eigenvalue weighted by Gasteiger charge is 2.22. The molecule has 1 aromatic heterocycles. The van der Waals surface area contributed by atoms with Gasteiger partial charge >= 0.3 is 0 Å². The van der Waals surface area contributed by atoms with Crippen LogP contribution in [-0.4, -0.2) is 47.7 Å². The molecule has 0 atom stereocenters. The van der Waals surface area contributed by atoms with Crippen molar-refractivity contribution in [2.75, 3.05) is 26.7 Å². The van der Waals surface area contributed by atoms with Gasteiger partial charge in [-0.05, 0) is 62.2 Å². The number of methoxy groups -OCH3 is 1. The molecule has 0 radical (unpaired) electrons.